The highest BCUT2D eigenvalue weighted by Crippen LogP contribution is 2.29. The van der Waals surface area contributed by atoms with Gasteiger partial charge in [0.15, 0.2) is 0 Å². The number of halogens is 1. The van der Waals surface area contributed by atoms with E-state index < -0.39 is 0 Å². The molecule has 1 heterocycles. The summed E-state index contributed by atoms with van der Waals surface area (Å²) in [4.78, 5) is 4.57. The Morgan fingerprint density at radius 1 is 1.05 bits per heavy atom. The molecule has 1 aliphatic rings. The minimum Gasteiger partial charge on any atom is -0.241 e. The van der Waals surface area contributed by atoms with E-state index in [2.05, 4.69) is 69.5 Å². The van der Waals surface area contributed by atoms with Gasteiger partial charge in [-0.3, -0.25) is 0 Å². The Morgan fingerprint density at radius 3 is 2.63 bits per heavy atom. The second kappa shape index (κ2) is 5.54. The third kappa shape index (κ3) is 2.85. The molecule has 0 saturated heterocycles. The van der Waals surface area contributed by atoms with Crippen molar-refractivity contribution in [2.75, 3.05) is 0 Å². The van der Waals surface area contributed by atoms with Crippen LogP contribution in [0.2, 0.25) is 0 Å². The van der Waals surface area contributed by atoms with Crippen LogP contribution in [0.25, 0.3) is 11.3 Å². The molecule has 0 bridgehead atoms. The molecule has 3 rings (SSSR count). The van der Waals surface area contributed by atoms with Crippen molar-refractivity contribution in [3.63, 3.8) is 0 Å². The summed E-state index contributed by atoms with van der Waals surface area (Å²) >= 11 is 3.52. The maximum absolute atomic E-state index is 4.57. The predicted octanol–water partition coefficient (Wildman–Crippen LogP) is 5.11. The van der Waals surface area contributed by atoms with Crippen LogP contribution in [0.1, 0.15) is 17.9 Å². The normalized spacial score (nSPS) is 17.6. The van der Waals surface area contributed by atoms with Gasteiger partial charge in [-0.2, -0.15) is 0 Å². The minimum absolute atomic E-state index is 0.451. The van der Waals surface area contributed by atoms with Crippen molar-refractivity contribution in [2.45, 2.75) is 12.3 Å². The summed E-state index contributed by atoms with van der Waals surface area (Å²) in [5.74, 6) is 0.451. The van der Waals surface area contributed by atoms with Crippen molar-refractivity contribution in [1.82, 2.24) is 4.98 Å². The van der Waals surface area contributed by atoms with Crippen LogP contribution in [0.4, 0.5) is 0 Å². The molecule has 94 valence electrons. The second-order valence-electron chi connectivity index (χ2n) is 4.63. The molecule has 0 saturated carbocycles. The van der Waals surface area contributed by atoms with Crippen LogP contribution in [-0.4, -0.2) is 4.98 Å². The first-order chi connectivity index (χ1) is 9.33. The number of hydrogen-bond acceptors (Lipinski definition) is 1. The highest BCUT2D eigenvalue weighted by atomic mass is 79.9. The number of rotatable bonds is 2. The van der Waals surface area contributed by atoms with Crippen molar-refractivity contribution in [2.24, 2.45) is 0 Å². The summed E-state index contributed by atoms with van der Waals surface area (Å²) in [5, 5.41) is 0. The lowest BCUT2D eigenvalue weighted by atomic mass is 9.92. The Morgan fingerprint density at radius 2 is 1.89 bits per heavy atom. The van der Waals surface area contributed by atoms with E-state index in [0.29, 0.717) is 5.92 Å². The van der Waals surface area contributed by atoms with Crippen LogP contribution < -0.4 is 0 Å². The fourth-order valence-corrected chi connectivity index (χ4v) is 2.77. The number of hydrogen-bond donors (Lipinski definition) is 0. The first kappa shape index (κ1) is 12.4. The maximum atomic E-state index is 4.57. The lowest BCUT2D eigenvalue weighted by Crippen LogP contribution is -1.98. The molecule has 0 radical (unpaired) electrons. The Hall–Kier alpha value is -1.67. The molecule has 0 spiro atoms. The number of benzene rings is 1. The lowest BCUT2D eigenvalue weighted by Gasteiger charge is -2.15. The molecule has 2 heteroatoms. The number of aromatic nitrogens is 1. The molecule has 1 aliphatic carbocycles. The summed E-state index contributed by atoms with van der Waals surface area (Å²) in [7, 11) is 0. The minimum atomic E-state index is 0.451. The predicted molar refractivity (Wildman–Crippen MR) is 83.0 cm³/mol. The molecule has 1 atom stereocenters. The van der Waals surface area contributed by atoms with Crippen LogP contribution >= 0.6 is 15.9 Å². The Labute approximate surface area is 121 Å². The third-order valence-corrected chi connectivity index (χ3v) is 3.70. The Kier molecular flexibility index (Phi) is 3.60. The van der Waals surface area contributed by atoms with Gasteiger partial charge in [0.05, 0.1) is 5.69 Å². The lowest BCUT2D eigenvalue weighted by molar-refractivity contribution is 0.850. The van der Waals surface area contributed by atoms with E-state index in [1.807, 2.05) is 18.2 Å². The molecule has 0 aliphatic heterocycles. The van der Waals surface area contributed by atoms with Crippen molar-refractivity contribution >= 4 is 15.9 Å². The molecule has 1 nitrogen and oxygen atoms in total. The molecule has 2 aromatic rings. The molecule has 0 fully saturated rings. The fraction of sp³-hybridized carbons (Fsp3) is 0.118. The van der Waals surface area contributed by atoms with Gasteiger partial charge >= 0.3 is 0 Å². The Bertz CT molecular complexity index is 629. The quantitative estimate of drug-likeness (QED) is 0.702. The van der Waals surface area contributed by atoms with Crippen LogP contribution in [-0.2, 0) is 0 Å². The van der Waals surface area contributed by atoms with E-state index in [-0.39, 0.29) is 0 Å². The zero-order valence-electron chi connectivity index (χ0n) is 10.5. The van der Waals surface area contributed by atoms with Crippen LogP contribution in [0.5, 0.6) is 0 Å². The molecular weight excluding hydrogens is 298 g/mol. The molecular formula is C17H14BrN. The van der Waals surface area contributed by atoms with Gasteiger partial charge in [0, 0.05) is 11.5 Å². The van der Waals surface area contributed by atoms with E-state index in [4.69, 9.17) is 0 Å². The number of nitrogens with zero attached hydrogens (tertiary/aromatic N) is 1. The average molecular weight is 312 g/mol. The van der Waals surface area contributed by atoms with Crippen LogP contribution in [0.3, 0.4) is 0 Å². The van der Waals surface area contributed by atoms with Gasteiger partial charge in [-0.1, -0.05) is 54.6 Å². The first-order valence-electron chi connectivity index (χ1n) is 6.39. The van der Waals surface area contributed by atoms with Crippen molar-refractivity contribution in [3.8, 4) is 11.3 Å². The second-order valence-corrected chi connectivity index (χ2v) is 5.44. The number of pyridine rings is 1. The van der Waals surface area contributed by atoms with Gasteiger partial charge in [-0.15, -0.1) is 0 Å². The van der Waals surface area contributed by atoms with E-state index >= 15 is 0 Å². The van der Waals surface area contributed by atoms with Gasteiger partial charge in [-0.25, -0.2) is 4.98 Å². The third-order valence-electron chi connectivity index (χ3n) is 3.29. The van der Waals surface area contributed by atoms with Gasteiger partial charge in [0.2, 0.25) is 0 Å². The standard InChI is InChI=1S/C17H14BrN/c18-17-12-15(13-7-3-1-4-8-13)11-16(19-17)14-9-5-2-6-10-14/h1-7,9-13H,8H2. The summed E-state index contributed by atoms with van der Waals surface area (Å²) in [5.41, 5.74) is 3.48. The van der Waals surface area contributed by atoms with Gasteiger partial charge < -0.3 is 0 Å². The fourth-order valence-electron chi connectivity index (χ4n) is 2.32. The smallest absolute Gasteiger partial charge is 0.107 e. The molecule has 0 N–H and O–H groups in total. The Balaban J connectivity index is 2.01. The molecule has 1 aromatic carbocycles. The van der Waals surface area contributed by atoms with E-state index in [9.17, 15) is 0 Å². The topological polar surface area (TPSA) is 12.9 Å². The van der Waals surface area contributed by atoms with Crippen molar-refractivity contribution in [1.29, 1.82) is 0 Å². The summed E-state index contributed by atoms with van der Waals surface area (Å²) in [6, 6.07) is 14.6. The molecule has 1 aromatic heterocycles. The summed E-state index contributed by atoms with van der Waals surface area (Å²) in [6.45, 7) is 0. The monoisotopic (exact) mass is 311 g/mol. The highest BCUT2D eigenvalue weighted by Gasteiger charge is 2.11. The number of allylic oxidation sites excluding steroid dienone is 4. The summed E-state index contributed by atoms with van der Waals surface area (Å²) < 4.78 is 0.895. The highest BCUT2D eigenvalue weighted by molar-refractivity contribution is 9.10. The maximum Gasteiger partial charge on any atom is 0.107 e. The largest absolute Gasteiger partial charge is 0.241 e. The van der Waals surface area contributed by atoms with Crippen molar-refractivity contribution in [3.05, 3.63) is 76.9 Å². The summed E-state index contributed by atoms with van der Waals surface area (Å²) in [6.07, 6.45) is 9.73. The first-order valence-corrected chi connectivity index (χ1v) is 7.18. The van der Waals surface area contributed by atoms with Crippen LogP contribution in [0, 0.1) is 0 Å². The van der Waals surface area contributed by atoms with Gasteiger partial charge in [0.1, 0.15) is 4.60 Å². The zero-order chi connectivity index (χ0) is 13.1. The van der Waals surface area contributed by atoms with E-state index in [1.54, 1.807) is 0 Å². The molecule has 19 heavy (non-hydrogen) atoms. The van der Waals surface area contributed by atoms with Crippen LogP contribution in [0.15, 0.2) is 71.4 Å². The van der Waals surface area contributed by atoms with Crippen molar-refractivity contribution < 1.29 is 0 Å². The molecule has 1 unspecified atom stereocenters. The molecule has 0 amide bonds. The SMILES string of the molecule is Brc1cc(C2C=CC=CC2)cc(-c2ccccc2)n1. The van der Waals surface area contributed by atoms with Gasteiger partial charge in [-0.05, 0) is 40.0 Å². The van der Waals surface area contributed by atoms with E-state index in [0.717, 1.165) is 22.3 Å². The van der Waals surface area contributed by atoms with Gasteiger partial charge in [0.25, 0.3) is 0 Å². The average Bonchev–Trinajstić information content (AvgIpc) is 2.48. The zero-order valence-corrected chi connectivity index (χ0v) is 12.0. The van der Waals surface area contributed by atoms with E-state index in [1.165, 1.54) is 5.56 Å².